The molecule has 0 unspecified atom stereocenters. The number of carbonyl (C=O) groups is 1. The lowest BCUT2D eigenvalue weighted by molar-refractivity contribution is -0.141. The molecule has 1 N–H and O–H groups in total. The smallest absolute Gasteiger partial charge is 0.371 e. The number of halogens is 6. The lowest BCUT2D eigenvalue weighted by Gasteiger charge is -2.38. The van der Waals surface area contributed by atoms with E-state index < -0.39 is 35.3 Å². The monoisotopic (exact) mass is 487 g/mol. The highest BCUT2D eigenvalue weighted by Crippen LogP contribution is 2.35. The van der Waals surface area contributed by atoms with Gasteiger partial charge in [0.15, 0.2) is 0 Å². The summed E-state index contributed by atoms with van der Waals surface area (Å²) in [7, 11) is 0. The van der Waals surface area contributed by atoms with Crippen LogP contribution >= 0.6 is 0 Å². The van der Waals surface area contributed by atoms with E-state index in [1.165, 1.54) is 6.07 Å². The maximum Gasteiger partial charge on any atom is 0.433 e. The van der Waals surface area contributed by atoms with Gasteiger partial charge in [-0.1, -0.05) is 0 Å². The summed E-state index contributed by atoms with van der Waals surface area (Å²) in [4.78, 5) is 23.6. The van der Waals surface area contributed by atoms with Gasteiger partial charge < -0.3 is 15.1 Å². The molecular weight excluding hydrogens is 464 g/mol. The first-order chi connectivity index (χ1) is 16.0. The third-order valence-corrected chi connectivity index (χ3v) is 6.19. The van der Waals surface area contributed by atoms with Crippen LogP contribution in [-0.4, -0.2) is 53.0 Å². The number of hydrogen-bond donors (Lipinski definition) is 1. The number of piperidine rings is 1. The quantitative estimate of drug-likeness (QED) is 0.626. The molecule has 0 spiro atoms. The summed E-state index contributed by atoms with van der Waals surface area (Å²) >= 11 is 0. The molecule has 0 radical (unpaired) electrons. The number of alkyl halides is 6. The van der Waals surface area contributed by atoms with Crippen LogP contribution in [0.5, 0.6) is 0 Å². The normalized spacial score (nSPS) is 18.4. The Bertz CT molecular complexity index is 1030. The number of nitrogens with zero attached hydrogens (tertiary/aromatic N) is 4. The van der Waals surface area contributed by atoms with Crippen molar-refractivity contribution in [3.8, 4) is 0 Å². The first-order valence-corrected chi connectivity index (χ1v) is 10.9. The average Bonchev–Trinajstić information content (AvgIpc) is 3.33. The highest BCUT2D eigenvalue weighted by Gasteiger charge is 2.34. The van der Waals surface area contributed by atoms with Crippen molar-refractivity contribution >= 4 is 17.4 Å². The molecule has 1 aromatic carbocycles. The second-order valence-electron chi connectivity index (χ2n) is 8.47. The molecule has 6 nitrogen and oxygen atoms in total. The molecule has 1 amide bonds. The van der Waals surface area contributed by atoms with Gasteiger partial charge in [-0.15, -0.1) is 0 Å². The Morgan fingerprint density at radius 3 is 2.18 bits per heavy atom. The highest BCUT2D eigenvalue weighted by atomic mass is 19.4. The summed E-state index contributed by atoms with van der Waals surface area (Å²) in [6.07, 6.45) is -4.91. The van der Waals surface area contributed by atoms with Gasteiger partial charge in [-0.25, -0.2) is 9.97 Å². The van der Waals surface area contributed by atoms with Crippen LogP contribution in [0.3, 0.4) is 0 Å². The van der Waals surface area contributed by atoms with Crippen molar-refractivity contribution in [1.82, 2.24) is 14.9 Å². The van der Waals surface area contributed by atoms with Crippen molar-refractivity contribution in [1.29, 1.82) is 0 Å². The Kier molecular flexibility index (Phi) is 6.70. The average molecular weight is 487 g/mol. The topological polar surface area (TPSA) is 61.4 Å². The molecule has 34 heavy (non-hydrogen) atoms. The Morgan fingerprint density at radius 2 is 1.56 bits per heavy atom. The molecule has 2 fully saturated rings. The lowest BCUT2D eigenvalue weighted by Crippen LogP contribution is -2.44. The van der Waals surface area contributed by atoms with E-state index in [9.17, 15) is 31.1 Å². The van der Waals surface area contributed by atoms with E-state index in [1.54, 1.807) is 0 Å². The zero-order valence-corrected chi connectivity index (χ0v) is 18.1. The van der Waals surface area contributed by atoms with Gasteiger partial charge in [-0.05, 0) is 57.0 Å². The largest absolute Gasteiger partial charge is 0.433 e. The number of hydrogen-bond acceptors (Lipinski definition) is 5. The van der Waals surface area contributed by atoms with E-state index in [-0.39, 0.29) is 11.3 Å². The van der Waals surface area contributed by atoms with Gasteiger partial charge in [0.2, 0.25) is 0 Å². The maximum atomic E-state index is 13.6. The Balaban J connectivity index is 1.54. The Morgan fingerprint density at radius 1 is 0.882 bits per heavy atom. The SMILES string of the molecule is O=C(Nc1cc(C(F)(F)F)ncn1)c1cc(N2CCC(N3CCCC3)CC2)cc(C(F)(F)F)c1. The molecule has 0 saturated carbocycles. The fourth-order valence-corrected chi connectivity index (χ4v) is 4.45. The summed E-state index contributed by atoms with van der Waals surface area (Å²) < 4.78 is 79.2. The van der Waals surface area contributed by atoms with Crippen LogP contribution in [0.15, 0.2) is 30.6 Å². The van der Waals surface area contributed by atoms with E-state index in [2.05, 4.69) is 20.2 Å². The molecule has 2 aromatic rings. The molecule has 0 aliphatic carbocycles. The van der Waals surface area contributed by atoms with Gasteiger partial charge in [0.1, 0.15) is 17.8 Å². The molecule has 2 aliphatic heterocycles. The summed E-state index contributed by atoms with van der Waals surface area (Å²) in [6.45, 7) is 3.17. The molecule has 12 heteroatoms. The standard InChI is InChI=1S/C22H23F6N5O/c23-21(24,25)15-9-14(20(34)31-19-12-18(22(26,27)28)29-13-30-19)10-17(11-15)33-7-3-16(4-8-33)32-5-1-2-6-32/h9-13,16H,1-8H2,(H,29,30,31,34). The van der Waals surface area contributed by atoms with E-state index in [4.69, 9.17) is 0 Å². The summed E-state index contributed by atoms with van der Waals surface area (Å²) in [5.74, 6) is -1.45. The van der Waals surface area contributed by atoms with Crippen molar-refractivity contribution in [2.75, 3.05) is 36.4 Å². The first kappa shape index (κ1) is 24.2. The predicted octanol–water partition coefficient (Wildman–Crippen LogP) is 4.83. The number of rotatable bonds is 4. The van der Waals surface area contributed by atoms with Crippen LogP contribution in [0.2, 0.25) is 0 Å². The van der Waals surface area contributed by atoms with Crippen LogP contribution in [0, 0.1) is 0 Å². The minimum atomic E-state index is -4.76. The van der Waals surface area contributed by atoms with Crippen LogP contribution < -0.4 is 10.2 Å². The van der Waals surface area contributed by atoms with Gasteiger partial charge >= 0.3 is 12.4 Å². The number of aromatic nitrogens is 2. The second-order valence-corrected chi connectivity index (χ2v) is 8.47. The third-order valence-electron chi connectivity index (χ3n) is 6.19. The molecular formula is C22H23F6N5O. The van der Waals surface area contributed by atoms with Crippen molar-refractivity contribution in [3.63, 3.8) is 0 Å². The van der Waals surface area contributed by atoms with E-state index >= 15 is 0 Å². The summed E-state index contributed by atoms with van der Waals surface area (Å²) in [5, 5.41) is 2.14. The van der Waals surface area contributed by atoms with Gasteiger partial charge in [0, 0.05) is 36.4 Å². The number of amides is 1. The fourth-order valence-electron chi connectivity index (χ4n) is 4.45. The summed E-state index contributed by atoms with van der Waals surface area (Å²) in [5.41, 5.74) is -2.35. The maximum absolute atomic E-state index is 13.6. The third kappa shape index (κ3) is 5.60. The van der Waals surface area contributed by atoms with Crippen molar-refractivity contribution in [2.45, 2.75) is 44.1 Å². The fraction of sp³-hybridized carbons (Fsp3) is 0.500. The number of nitrogens with one attached hydrogen (secondary N) is 1. The first-order valence-electron chi connectivity index (χ1n) is 10.9. The molecule has 4 rings (SSSR count). The second kappa shape index (κ2) is 9.40. The predicted molar refractivity (Wildman–Crippen MR) is 112 cm³/mol. The molecule has 1 aromatic heterocycles. The van der Waals surface area contributed by atoms with Gasteiger partial charge in [0.05, 0.1) is 5.56 Å². The molecule has 184 valence electrons. The van der Waals surface area contributed by atoms with Gasteiger partial charge in [-0.2, -0.15) is 26.3 Å². The molecule has 0 atom stereocenters. The van der Waals surface area contributed by atoms with E-state index in [1.807, 2.05) is 4.90 Å². The van der Waals surface area contributed by atoms with Crippen molar-refractivity contribution in [2.24, 2.45) is 0 Å². The van der Waals surface area contributed by atoms with Crippen molar-refractivity contribution < 1.29 is 31.1 Å². The Labute approximate surface area is 192 Å². The molecule has 2 aliphatic rings. The van der Waals surface area contributed by atoms with Crippen LogP contribution in [0.4, 0.5) is 37.8 Å². The van der Waals surface area contributed by atoms with Crippen LogP contribution in [-0.2, 0) is 12.4 Å². The number of benzene rings is 1. The minimum absolute atomic E-state index is 0.249. The molecule has 2 saturated heterocycles. The molecule has 0 bridgehead atoms. The number of likely N-dealkylation sites (tertiary alicyclic amines) is 1. The number of carbonyl (C=O) groups excluding carboxylic acids is 1. The van der Waals surface area contributed by atoms with Crippen LogP contribution in [0.25, 0.3) is 0 Å². The minimum Gasteiger partial charge on any atom is -0.371 e. The zero-order chi connectivity index (χ0) is 24.5. The van der Waals surface area contributed by atoms with E-state index in [0.29, 0.717) is 37.6 Å². The van der Waals surface area contributed by atoms with E-state index in [0.717, 1.165) is 44.8 Å². The Hall–Kier alpha value is -2.89. The number of anilines is 2. The lowest BCUT2D eigenvalue weighted by atomic mass is 10.0. The highest BCUT2D eigenvalue weighted by molar-refractivity contribution is 6.04. The van der Waals surface area contributed by atoms with Crippen molar-refractivity contribution in [3.05, 3.63) is 47.4 Å². The summed E-state index contributed by atoms with van der Waals surface area (Å²) in [6, 6.07) is 3.93. The van der Waals surface area contributed by atoms with Gasteiger partial charge in [-0.3, -0.25) is 4.79 Å². The zero-order valence-electron chi connectivity index (χ0n) is 18.1. The van der Waals surface area contributed by atoms with Gasteiger partial charge in [0.25, 0.3) is 5.91 Å². The van der Waals surface area contributed by atoms with Crippen LogP contribution in [0.1, 0.15) is 47.3 Å². The molecule has 3 heterocycles.